The van der Waals surface area contributed by atoms with Gasteiger partial charge in [-0.1, -0.05) is 19.1 Å². The molecule has 1 fully saturated rings. The summed E-state index contributed by atoms with van der Waals surface area (Å²) in [5, 5.41) is 9.07. The van der Waals surface area contributed by atoms with Gasteiger partial charge in [0.2, 0.25) is 10.0 Å². The number of aryl methyl sites for hydroxylation is 1. The number of rotatable bonds is 4. The normalized spacial score (nSPS) is 20.6. The van der Waals surface area contributed by atoms with Gasteiger partial charge in [-0.15, -0.1) is 0 Å². The van der Waals surface area contributed by atoms with Gasteiger partial charge in [-0.3, -0.25) is 4.79 Å². The Morgan fingerprint density at radius 2 is 2.00 bits per heavy atom. The maximum Gasteiger partial charge on any atom is 0.322 e. The average molecular weight is 283 g/mol. The van der Waals surface area contributed by atoms with Crippen molar-refractivity contribution in [3.63, 3.8) is 0 Å². The summed E-state index contributed by atoms with van der Waals surface area (Å²) in [6.07, 6.45) is 1.80. The number of aliphatic carboxylic acids is 1. The van der Waals surface area contributed by atoms with Crippen LogP contribution in [-0.4, -0.2) is 36.4 Å². The minimum absolute atomic E-state index is 0.165. The van der Waals surface area contributed by atoms with E-state index in [2.05, 4.69) is 0 Å². The van der Waals surface area contributed by atoms with Crippen LogP contribution in [0.2, 0.25) is 0 Å². The fourth-order valence-corrected chi connectivity index (χ4v) is 3.96. The van der Waals surface area contributed by atoms with E-state index in [-0.39, 0.29) is 11.4 Å². The lowest BCUT2D eigenvalue weighted by Gasteiger charge is -2.21. The first kappa shape index (κ1) is 14.0. The molecule has 1 atom stereocenters. The molecule has 19 heavy (non-hydrogen) atoms. The van der Waals surface area contributed by atoms with E-state index in [1.54, 1.807) is 24.3 Å². The van der Waals surface area contributed by atoms with Crippen molar-refractivity contribution in [1.82, 2.24) is 4.31 Å². The second-order valence-corrected chi connectivity index (χ2v) is 6.50. The Labute approximate surface area is 112 Å². The molecule has 0 saturated carbocycles. The lowest BCUT2D eigenvalue weighted by Crippen LogP contribution is -2.40. The van der Waals surface area contributed by atoms with Crippen LogP contribution in [0.25, 0.3) is 0 Å². The van der Waals surface area contributed by atoms with Crippen molar-refractivity contribution in [3.8, 4) is 0 Å². The first-order valence-corrected chi connectivity index (χ1v) is 7.74. The highest BCUT2D eigenvalue weighted by Crippen LogP contribution is 2.26. The van der Waals surface area contributed by atoms with Crippen molar-refractivity contribution in [1.29, 1.82) is 0 Å². The van der Waals surface area contributed by atoms with Crippen LogP contribution in [0.15, 0.2) is 29.2 Å². The molecular weight excluding hydrogens is 266 g/mol. The summed E-state index contributed by atoms with van der Waals surface area (Å²) in [6, 6.07) is 5.68. The molecule has 0 radical (unpaired) electrons. The Kier molecular flexibility index (Phi) is 3.91. The molecule has 1 aliphatic rings. The molecule has 5 nitrogen and oxygen atoms in total. The molecule has 1 N–H and O–H groups in total. The molecule has 0 spiro atoms. The molecule has 6 heteroatoms. The highest BCUT2D eigenvalue weighted by Gasteiger charge is 2.39. The Morgan fingerprint density at radius 1 is 1.37 bits per heavy atom. The van der Waals surface area contributed by atoms with E-state index in [0.717, 1.165) is 16.3 Å². The smallest absolute Gasteiger partial charge is 0.322 e. The van der Waals surface area contributed by atoms with Crippen LogP contribution < -0.4 is 0 Å². The highest BCUT2D eigenvalue weighted by atomic mass is 32.2. The zero-order chi connectivity index (χ0) is 14.0. The summed E-state index contributed by atoms with van der Waals surface area (Å²) in [7, 11) is -3.71. The van der Waals surface area contributed by atoms with Gasteiger partial charge < -0.3 is 5.11 Å². The number of carboxylic acids is 1. The lowest BCUT2D eigenvalue weighted by atomic mass is 10.2. The standard InChI is InChI=1S/C13H17NO4S/c1-2-10-5-7-11(8-6-10)19(17,18)14-9-3-4-12(14)13(15)16/h5-8,12H,2-4,9H2,1H3,(H,15,16)/t12-/m0/s1. The molecule has 1 heterocycles. The molecule has 1 aromatic carbocycles. The predicted molar refractivity (Wildman–Crippen MR) is 70.4 cm³/mol. The predicted octanol–water partition coefficient (Wildman–Crippen LogP) is 1.49. The van der Waals surface area contributed by atoms with E-state index < -0.39 is 22.0 Å². The van der Waals surface area contributed by atoms with Gasteiger partial charge in [0.05, 0.1) is 4.90 Å². The molecule has 1 aromatic rings. The van der Waals surface area contributed by atoms with Crippen molar-refractivity contribution in [2.24, 2.45) is 0 Å². The van der Waals surface area contributed by atoms with Crippen LogP contribution in [0.1, 0.15) is 25.3 Å². The third kappa shape index (κ3) is 2.64. The molecule has 1 aliphatic heterocycles. The van der Waals surface area contributed by atoms with Crippen molar-refractivity contribution in [2.75, 3.05) is 6.54 Å². The van der Waals surface area contributed by atoms with Crippen LogP contribution >= 0.6 is 0 Å². The van der Waals surface area contributed by atoms with Crippen molar-refractivity contribution < 1.29 is 18.3 Å². The number of benzene rings is 1. The number of carbonyl (C=O) groups is 1. The fraction of sp³-hybridized carbons (Fsp3) is 0.462. The van der Waals surface area contributed by atoms with E-state index in [1.165, 1.54) is 0 Å². The van der Waals surface area contributed by atoms with Gasteiger partial charge >= 0.3 is 5.97 Å². The number of nitrogens with zero attached hydrogens (tertiary/aromatic N) is 1. The van der Waals surface area contributed by atoms with E-state index >= 15 is 0 Å². The molecular formula is C13H17NO4S. The molecule has 1 saturated heterocycles. The molecule has 2 rings (SSSR count). The summed E-state index contributed by atoms with van der Waals surface area (Å²) in [5.41, 5.74) is 1.05. The second kappa shape index (κ2) is 5.30. The largest absolute Gasteiger partial charge is 0.480 e. The van der Waals surface area contributed by atoms with E-state index in [1.807, 2.05) is 6.92 Å². The zero-order valence-corrected chi connectivity index (χ0v) is 11.6. The third-order valence-corrected chi connectivity index (χ3v) is 5.35. The molecule has 0 unspecified atom stereocenters. The highest BCUT2D eigenvalue weighted by molar-refractivity contribution is 7.89. The van der Waals surface area contributed by atoms with Crippen LogP contribution in [0.5, 0.6) is 0 Å². The van der Waals surface area contributed by atoms with Crippen molar-refractivity contribution >= 4 is 16.0 Å². The Hall–Kier alpha value is -1.40. The zero-order valence-electron chi connectivity index (χ0n) is 10.7. The number of hydrogen-bond acceptors (Lipinski definition) is 3. The van der Waals surface area contributed by atoms with Crippen molar-refractivity contribution in [3.05, 3.63) is 29.8 Å². The summed E-state index contributed by atoms with van der Waals surface area (Å²) in [6.45, 7) is 2.26. The molecule has 0 bridgehead atoms. The van der Waals surface area contributed by atoms with Gasteiger partial charge in [0.1, 0.15) is 6.04 Å². The van der Waals surface area contributed by atoms with Crippen LogP contribution in [-0.2, 0) is 21.2 Å². The third-order valence-electron chi connectivity index (χ3n) is 3.43. The number of carboxylic acid groups (broad SMARTS) is 1. The SMILES string of the molecule is CCc1ccc(S(=O)(=O)N2CCC[C@H]2C(=O)O)cc1. The van der Waals surface area contributed by atoms with Gasteiger partial charge in [-0.2, -0.15) is 4.31 Å². The van der Waals surface area contributed by atoms with E-state index in [9.17, 15) is 13.2 Å². The van der Waals surface area contributed by atoms with Gasteiger partial charge in [0, 0.05) is 6.54 Å². The first-order chi connectivity index (χ1) is 8.96. The monoisotopic (exact) mass is 283 g/mol. The summed E-state index contributed by atoms with van der Waals surface area (Å²) in [5.74, 6) is -1.08. The Balaban J connectivity index is 2.33. The quantitative estimate of drug-likeness (QED) is 0.908. The molecule has 0 amide bonds. The topological polar surface area (TPSA) is 74.7 Å². The van der Waals surface area contributed by atoms with Crippen LogP contribution in [0, 0.1) is 0 Å². The fourth-order valence-electron chi connectivity index (χ4n) is 2.31. The van der Waals surface area contributed by atoms with Crippen LogP contribution in [0.3, 0.4) is 0 Å². The average Bonchev–Trinajstić information content (AvgIpc) is 2.89. The molecule has 104 valence electrons. The van der Waals surface area contributed by atoms with Gasteiger partial charge in [0.15, 0.2) is 0 Å². The summed E-state index contributed by atoms with van der Waals surface area (Å²) >= 11 is 0. The first-order valence-electron chi connectivity index (χ1n) is 6.30. The molecule has 0 aromatic heterocycles. The van der Waals surface area contributed by atoms with Crippen LogP contribution in [0.4, 0.5) is 0 Å². The Morgan fingerprint density at radius 3 is 2.53 bits per heavy atom. The van der Waals surface area contributed by atoms with Gasteiger partial charge in [-0.05, 0) is 37.0 Å². The second-order valence-electron chi connectivity index (χ2n) is 4.61. The van der Waals surface area contributed by atoms with Crippen molar-refractivity contribution in [2.45, 2.75) is 37.1 Å². The number of sulfonamides is 1. The minimum atomic E-state index is -3.71. The minimum Gasteiger partial charge on any atom is -0.480 e. The van der Waals surface area contributed by atoms with Gasteiger partial charge in [0.25, 0.3) is 0 Å². The van der Waals surface area contributed by atoms with E-state index in [4.69, 9.17) is 5.11 Å². The lowest BCUT2D eigenvalue weighted by molar-refractivity contribution is -0.140. The maximum absolute atomic E-state index is 12.4. The Bertz CT molecular complexity index is 565. The van der Waals surface area contributed by atoms with Gasteiger partial charge in [-0.25, -0.2) is 8.42 Å². The maximum atomic E-state index is 12.4. The summed E-state index contributed by atoms with van der Waals surface area (Å²) < 4.78 is 25.9. The molecule has 0 aliphatic carbocycles. The van der Waals surface area contributed by atoms with E-state index in [0.29, 0.717) is 12.8 Å². The summed E-state index contributed by atoms with van der Waals surface area (Å²) in [4.78, 5) is 11.2. The number of hydrogen-bond donors (Lipinski definition) is 1.